The fraction of sp³-hybridized carbons (Fsp3) is 0.412. The zero-order chi connectivity index (χ0) is 14.5. The second-order valence-corrected chi connectivity index (χ2v) is 5.36. The maximum absolute atomic E-state index is 10.4. The van der Waals surface area contributed by atoms with Crippen molar-refractivity contribution in [1.82, 2.24) is 9.47 Å². The van der Waals surface area contributed by atoms with E-state index in [-0.39, 0.29) is 0 Å². The zero-order valence-corrected chi connectivity index (χ0v) is 12.6. The number of nitrogens with zero attached hydrogens (tertiary/aromatic N) is 2. The minimum Gasteiger partial charge on any atom is -0.387 e. The van der Waals surface area contributed by atoms with Gasteiger partial charge in [-0.05, 0) is 31.2 Å². The van der Waals surface area contributed by atoms with Gasteiger partial charge in [0.2, 0.25) is 0 Å². The maximum atomic E-state index is 10.4. The summed E-state index contributed by atoms with van der Waals surface area (Å²) in [4.78, 5) is 2.26. The van der Waals surface area contributed by atoms with Crippen LogP contribution in [0.1, 0.15) is 29.8 Å². The molecular formula is C17H24N2O. The molecule has 0 aliphatic carbocycles. The Labute approximate surface area is 121 Å². The first-order chi connectivity index (χ1) is 9.60. The van der Waals surface area contributed by atoms with Crippen LogP contribution in [0.2, 0.25) is 0 Å². The van der Waals surface area contributed by atoms with E-state index in [0.29, 0.717) is 6.54 Å². The largest absolute Gasteiger partial charge is 0.387 e. The van der Waals surface area contributed by atoms with Gasteiger partial charge in [0.05, 0.1) is 6.10 Å². The van der Waals surface area contributed by atoms with E-state index in [2.05, 4.69) is 48.7 Å². The highest BCUT2D eigenvalue weighted by atomic mass is 16.3. The summed E-state index contributed by atoms with van der Waals surface area (Å²) in [6.45, 7) is 6.64. The highest BCUT2D eigenvalue weighted by molar-refractivity contribution is 5.23. The minimum atomic E-state index is -0.434. The number of aliphatic hydroxyl groups is 1. The summed E-state index contributed by atoms with van der Waals surface area (Å²) in [5, 5.41) is 10.4. The smallest absolute Gasteiger partial charge is 0.0917 e. The van der Waals surface area contributed by atoms with Crippen molar-refractivity contribution in [3.05, 3.63) is 59.4 Å². The summed E-state index contributed by atoms with van der Waals surface area (Å²) in [7, 11) is 2.06. The Morgan fingerprint density at radius 1 is 1.20 bits per heavy atom. The molecule has 0 saturated carbocycles. The molecular weight excluding hydrogens is 248 g/mol. The van der Waals surface area contributed by atoms with Gasteiger partial charge < -0.3 is 9.67 Å². The van der Waals surface area contributed by atoms with Gasteiger partial charge in [0, 0.05) is 32.0 Å². The van der Waals surface area contributed by atoms with Gasteiger partial charge in [0.15, 0.2) is 0 Å². The Balaban J connectivity index is 1.99. The molecule has 3 nitrogen and oxygen atoms in total. The van der Waals surface area contributed by atoms with E-state index >= 15 is 0 Å². The highest BCUT2D eigenvalue weighted by Crippen LogP contribution is 2.16. The Morgan fingerprint density at radius 2 is 1.90 bits per heavy atom. The molecule has 0 amide bonds. The number of hydrogen-bond donors (Lipinski definition) is 1. The van der Waals surface area contributed by atoms with Crippen molar-refractivity contribution in [2.24, 2.45) is 7.05 Å². The number of hydrogen-bond acceptors (Lipinski definition) is 2. The monoisotopic (exact) mass is 272 g/mol. The molecule has 0 saturated heterocycles. The van der Waals surface area contributed by atoms with E-state index in [1.165, 1.54) is 11.3 Å². The van der Waals surface area contributed by atoms with Crippen molar-refractivity contribution < 1.29 is 5.11 Å². The van der Waals surface area contributed by atoms with Gasteiger partial charge in [-0.25, -0.2) is 0 Å². The van der Waals surface area contributed by atoms with Gasteiger partial charge in [-0.3, -0.25) is 4.90 Å². The maximum Gasteiger partial charge on any atom is 0.0917 e. The molecule has 0 fully saturated rings. The second kappa shape index (κ2) is 6.73. The molecule has 1 atom stereocenters. The van der Waals surface area contributed by atoms with Crippen LogP contribution in [0.15, 0.2) is 42.6 Å². The minimum absolute atomic E-state index is 0.434. The third-order valence-corrected chi connectivity index (χ3v) is 3.78. The summed E-state index contributed by atoms with van der Waals surface area (Å²) in [5.41, 5.74) is 3.47. The zero-order valence-electron chi connectivity index (χ0n) is 12.6. The van der Waals surface area contributed by atoms with E-state index in [0.717, 1.165) is 18.7 Å². The molecule has 2 aromatic rings. The fourth-order valence-corrected chi connectivity index (χ4v) is 2.33. The molecule has 1 N–H and O–H groups in total. The van der Waals surface area contributed by atoms with Gasteiger partial charge in [-0.15, -0.1) is 0 Å². The van der Waals surface area contributed by atoms with Crippen LogP contribution in [0.25, 0.3) is 0 Å². The van der Waals surface area contributed by atoms with Crippen LogP contribution in [0.3, 0.4) is 0 Å². The standard InChI is InChI=1S/C17H24N2O/c1-4-19(12-16-6-5-11-18(16)3)13-17(20)15-9-7-14(2)8-10-15/h5-11,17,20H,4,12-13H2,1-3H3. The summed E-state index contributed by atoms with van der Waals surface area (Å²) in [6.07, 6.45) is 1.62. The molecule has 108 valence electrons. The lowest BCUT2D eigenvalue weighted by Crippen LogP contribution is -2.28. The van der Waals surface area contributed by atoms with E-state index in [4.69, 9.17) is 0 Å². The number of benzene rings is 1. The molecule has 0 spiro atoms. The van der Waals surface area contributed by atoms with E-state index in [1.54, 1.807) is 0 Å². The van der Waals surface area contributed by atoms with Crippen molar-refractivity contribution in [2.75, 3.05) is 13.1 Å². The van der Waals surface area contributed by atoms with Crippen LogP contribution in [-0.2, 0) is 13.6 Å². The first-order valence-corrected chi connectivity index (χ1v) is 7.17. The lowest BCUT2D eigenvalue weighted by Gasteiger charge is -2.24. The highest BCUT2D eigenvalue weighted by Gasteiger charge is 2.13. The van der Waals surface area contributed by atoms with Crippen molar-refractivity contribution in [1.29, 1.82) is 0 Å². The third-order valence-electron chi connectivity index (χ3n) is 3.78. The van der Waals surface area contributed by atoms with Crippen molar-refractivity contribution in [2.45, 2.75) is 26.5 Å². The van der Waals surface area contributed by atoms with Gasteiger partial charge >= 0.3 is 0 Å². The lowest BCUT2D eigenvalue weighted by molar-refractivity contribution is 0.111. The van der Waals surface area contributed by atoms with Gasteiger partial charge in [0.1, 0.15) is 0 Å². The van der Waals surface area contributed by atoms with Crippen LogP contribution in [-0.4, -0.2) is 27.7 Å². The average molecular weight is 272 g/mol. The van der Waals surface area contributed by atoms with Gasteiger partial charge in [-0.2, -0.15) is 0 Å². The Bertz CT molecular complexity index is 530. The topological polar surface area (TPSA) is 28.4 Å². The van der Waals surface area contributed by atoms with Crippen LogP contribution in [0.5, 0.6) is 0 Å². The van der Waals surface area contributed by atoms with Crippen LogP contribution in [0, 0.1) is 6.92 Å². The van der Waals surface area contributed by atoms with Crippen molar-refractivity contribution >= 4 is 0 Å². The molecule has 1 heterocycles. The summed E-state index contributed by atoms with van der Waals surface area (Å²) >= 11 is 0. The van der Waals surface area contributed by atoms with Gasteiger partial charge in [0.25, 0.3) is 0 Å². The van der Waals surface area contributed by atoms with Crippen LogP contribution < -0.4 is 0 Å². The Hall–Kier alpha value is -1.58. The fourth-order valence-electron chi connectivity index (χ4n) is 2.33. The van der Waals surface area contributed by atoms with Crippen molar-refractivity contribution in [3.8, 4) is 0 Å². The number of aryl methyl sites for hydroxylation is 2. The molecule has 1 unspecified atom stereocenters. The SMILES string of the molecule is CCN(Cc1cccn1C)CC(O)c1ccc(C)cc1. The summed E-state index contributed by atoms with van der Waals surface area (Å²) in [5.74, 6) is 0. The quantitative estimate of drug-likeness (QED) is 0.876. The van der Waals surface area contributed by atoms with Crippen LogP contribution >= 0.6 is 0 Å². The number of likely N-dealkylation sites (N-methyl/N-ethyl adjacent to an activating group) is 1. The Kier molecular flexibility index (Phi) is 4.99. The molecule has 1 aromatic carbocycles. The molecule has 20 heavy (non-hydrogen) atoms. The molecule has 0 aliphatic rings. The molecule has 2 rings (SSSR count). The third kappa shape index (κ3) is 3.71. The summed E-state index contributed by atoms with van der Waals surface area (Å²) in [6, 6.07) is 12.3. The normalized spacial score (nSPS) is 12.8. The first-order valence-electron chi connectivity index (χ1n) is 7.17. The van der Waals surface area contributed by atoms with Gasteiger partial charge in [-0.1, -0.05) is 36.8 Å². The van der Waals surface area contributed by atoms with E-state index in [1.807, 2.05) is 24.3 Å². The number of rotatable bonds is 6. The predicted molar refractivity (Wildman–Crippen MR) is 82.5 cm³/mol. The predicted octanol–water partition coefficient (Wildman–Crippen LogP) is 2.89. The first kappa shape index (κ1) is 14.8. The average Bonchev–Trinajstić information content (AvgIpc) is 2.84. The number of aliphatic hydroxyl groups excluding tert-OH is 1. The summed E-state index contributed by atoms with van der Waals surface area (Å²) < 4.78 is 2.13. The second-order valence-electron chi connectivity index (χ2n) is 5.36. The Morgan fingerprint density at radius 3 is 2.45 bits per heavy atom. The molecule has 1 aromatic heterocycles. The molecule has 3 heteroatoms. The van der Waals surface area contributed by atoms with E-state index < -0.39 is 6.10 Å². The van der Waals surface area contributed by atoms with Crippen LogP contribution in [0.4, 0.5) is 0 Å². The van der Waals surface area contributed by atoms with E-state index in [9.17, 15) is 5.11 Å². The lowest BCUT2D eigenvalue weighted by atomic mass is 10.1. The molecule has 0 aliphatic heterocycles. The molecule has 0 radical (unpaired) electrons. The molecule has 0 bridgehead atoms. The van der Waals surface area contributed by atoms with Crippen molar-refractivity contribution in [3.63, 3.8) is 0 Å². The number of aromatic nitrogens is 1.